The molecule has 1 N–H and O–H groups in total. The first-order valence-corrected chi connectivity index (χ1v) is 6.51. The molecule has 1 rings (SSSR count). The van der Waals surface area contributed by atoms with Crippen LogP contribution in [0.5, 0.6) is 0 Å². The Hall–Kier alpha value is -1.22. The van der Waals surface area contributed by atoms with Crippen molar-refractivity contribution in [2.45, 2.75) is 27.2 Å². The first-order valence-electron chi connectivity index (χ1n) is 6.13. The molecule has 0 radical (unpaired) electrons. The Bertz CT molecular complexity index is 418. The summed E-state index contributed by atoms with van der Waals surface area (Å²) in [5.74, 6) is -0.262. The number of halogens is 1. The maximum absolute atomic E-state index is 10.9. The van der Waals surface area contributed by atoms with E-state index in [0.29, 0.717) is 10.9 Å². The lowest BCUT2D eigenvalue weighted by molar-refractivity contribution is -0.135. The Morgan fingerprint density at radius 3 is 2.61 bits per heavy atom. The van der Waals surface area contributed by atoms with Crippen molar-refractivity contribution < 1.29 is 9.90 Å². The second-order valence-electron chi connectivity index (χ2n) is 4.93. The van der Waals surface area contributed by atoms with Gasteiger partial charge in [0.2, 0.25) is 0 Å². The zero-order valence-corrected chi connectivity index (χ0v) is 11.9. The number of carboxylic acids is 1. The second kappa shape index (κ2) is 6.64. The van der Waals surface area contributed by atoms with E-state index in [4.69, 9.17) is 16.7 Å². The lowest BCUT2D eigenvalue weighted by Crippen LogP contribution is -2.31. The standard InChI is InChI=1S/C14H20ClNO2/c1-10(2)6-7-16(9-14(17)18)13-5-4-12(15)8-11(13)3/h4-5,8,10H,6-7,9H2,1-3H3,(H,17,18). The van der Waals surface area contributed by atoms with Crippen LogP contribution >= 0.6 is 11.6 Å². The summed E-state index contributed by atoms with van der Waals surface area (Å²) in [7, 11) is 0. The molecule has 1 aromatic carbocycles. The zero-order valence-electron chi connectivity index (χ0n) is 11.1. The molecule has 0 heterocycles. The van der Waals surface area contributed by atoms with Crippen LogP contribution in [0, 0.1) is 12.8 Å². The fourth-order valence-electron chi connectivity index (χ4n) is 1.84. The maximum atomic E-state index is 10.9. The van der Waals surface area contributed by atoms with Gasteiger partial charge in [-0.05, 0) is 43.0 Å². The summed E-state index contributed by atoms with van der Waals surface area (Å²) in [6.45, 7) is 6.98. The summed E-state index contributed by atoms with van der Waals surface area (Å²) in [4.78, 5) is 12.8. The summed E-state index contributed by atoms with van der Waals surface area (Å²) >= 11 is 5.92. The topological polar surface area (TPSA) is 40.5 Å². The minimum atomic E-state index is -0.812. The van der Waals surface area contributed by atoms with E-state index in [1.54, 1.807) is 6.07 Å². The Balaban J connectivity index is 2.89. The zero-order chi connectivity index (χ0) is 13.7. The molecule has 18 heavy (non-hydrogen) atoms. The molecular weight excluding hydrogens is 250 g/mol. The molecule has 0 unspecified atom stereocenters. The first-order chi connectivity index (χ1) is 8.40. The smallest absolute Gasteiger partial charge is 0.323 e. The molecule has 3 nitrogen and oxygen atoms in total. The normalized spacial score (nSPS) is 10.7. The number of benzene rings is 1. The highest BCUT2D eigenvalue weighted by Crippen LogP contribution is 2.24. The van der Waals surface area contributed by atoms with Gasteiger partial charge in [0.25, 0.3) is 0 Å². The molecule has 0 saturated heterocycles. The third kappa shape index (κ3) is 4.57. The molecule has 0 saturated carbocycles. The lowest BCUT2D eigenvalue weighted by atomic mass is 10.1. The van der Waals surface area contributed by atoms with Crippen molar-refractivity contribution in [2.24, 2.45) is 5.92 Å². The molecule has 1 aromatic rings. The number of hydrogen-bond acceptors (Lipinski definition) is 2. The molecular formula is C14H20ClNO2. The van der Waals surface area contributed by atoms with Gasteiger partial charge >= 0.3 is 5.97 Å². The SMILES string of the molecule is Cc1cc(Cl)ccc1N(CCC(C)C)CC(=O)O. The van der Waals surface area contributed by atoms with Crippen molar-refractivity contribution in [2.75, 3.05) is 18.0 Å². The highest BCUT2D eigenvalue weighted by molar-refractivity contribution is 6.30. The molecule has 0 fully saturated rings. The van der Waals surface area contributed by atoms with Gasteiger partial charge in [-0.25, -0.2) is 0 Å². The van der Waals surface area contributed by atoms with Gasteiger partial charge < -0.3 is 10.0 Å². The predicted molar refractivity (Wildman–Crippen MR) is 75.5 cm³/mol. The molecule has 0 aromatic heterocycles. The Labute approximate surface area is 113 Å². The van der Waals surface area contributed by atoms with Crippen LogP contribution in [-0.2, 0) is 4.79 Å². The number of hydrogen-bond donors (Lipinski definition) is 1. The Morgan fingerprint density at radius 2 is 2.11 bits per heavy atom. The van der Waals surface area contributed by atoms with Crippen molar-refractivity contribution in [3.05, 3.63) is 28.8 Å². The quantitative estimate of drug-likeness (QED) is 0.858. The minimum absolute atomic E-state index is 0.0230. The van der Waals surface area contributed by atoms with E-state index in [1.807, 2.05) is 24.0 Å². The van der Waals surface area contributed by atoms with Gasteiger partial charge in [-0.1, -0.05) is 25.4 Å². The van der Waals surface area contributed by atoms with E-state index in [9.17, 15) is 4.79 Å². The number of carboxylic acid groups (broad SMARTS) is 1. The van der Waals surface area contributed by atoms with Gasteiger partial charge in [0.05, 0.1) is 0 Å². The van der Waals surface area contributed by atoms with Crippen LogP contribution in [0.2, 0.25) is 5.02 Å². The number of carbonyl (C=O) groups is 1. The molecule has 100 valence electrons. The molecule has 0 spiro atoms. The van der Waals surface area contributed by atoms with Crippen molar-refractivity contribution >= 4 is 23.3 Å². The van der Waals surface area contributed by atoms with Crippen LogP contribution in [0.4, 0.5) is 5.69 Å². The average Bonchev–Trinajstić information content (AvgIpc) is 2.24. The minimum Gasteiger partial charge on any atom is -0.480 e. The molecule has 0 aliphatic rings. The Kier molecular flexibility index (Phi) is 5.48. The van der Waals surface area contributed by atoms with Crippen LogP contribution in [-0.4, -0.2) is 24.2 Å². The summed E-state index contributed by atoms with van der Waals surface area (Å²) in [5.41, 5.74) is 1.95. The van der Waals surface area contributed by atoms with E-state index < -0.39 is 5.97 Å². The molecule has 4 heteroatoms. The van der Waals surface area contributed by atoms with Crippen LogP contribution in [0.1, 0.15) is 25.8 Å². The number of rotatable bonds is 6. The van der Waals surface area contributed by atoms with Crippen molar-refractivity contribution in [1.82, 2.24) is 0 Å². The van der Waals surface area contributed by atoms with E-state index in [1.165, 1.54) is 0 Å². The van der Waals surface area contributed by atoms with Gasteiger partial charge in [-0.15, -0.1) is 0 Å². The van der Waals surface area contributed by atoms with Gasteiger partial charge in [-0.2, -0.15) is 0 Å². The molecule has 0 aliphatic carbocycles. The monoisotopic (exact) mass is 269 g/mol. The average molecular weight is 270 g/mol. The number of anilines is 1. The second-order valence-corrected chi connectivity index (χ2v) is 5.37. The van der Waals surface area contributed by atoms with Gasteiger partial charge in [0, 0.05) is 17.3 Å². The summed E-state index contributed by atoms with van der Waals surface area (Å²) < 4.78 is 0. The fourth-order valence-corrected chi connectivity index (χ4v) is 2.06. The summed E-state index contributed by atoms with van der Waals surface area (Å²) in [6, 6.07) is 5.55. The van der Waals surface area contributed by atoms with Gasteiger partial charge in [0.15, 0.2) is 0 Å². The fraction of sp³-hybridized carbons (Fsp3) is 0.500. The van der Waals surface area contributed by atoms with Gasteiger partial charge in [-0.3, -0.25) is 4.79 Å². The van der Waals surface area contributed by atoms with Crippen LogP contribution in [0.3, 0.4) is 0 Å². The van der Waals surface area contributed by atoms with E-state index in [2.05, 4.69) is 13.8 Å². The first kappa shape index (κ1) is 14.8. The predicted octanol–water partition coefficient (Wildman–Crippen LogP) is 3.59. The van der Waals surface area contributed by atoms with Crippen molar-refractivity contribution in [3.63, 3.8) is 0 Å². The number of aliphatic carboxylic acids is 1. The third-order valence-electron chi connectivity index (χ3n) is 2.80. The van der Waals surface area contributed by atoms with Crippen LogP contribution in [0.25, 0.3) is 0 Å². The van der Waals surface area contributed by atoms with Crippen molar-refractivity contribution in [1.29, 1.82) is 0 Å². The van der Waals surface area contributed by atoms with E-state index >= 15 is 0 Å². The molecule has 0 bridgehead atoms. The number of nitrogens with zero attached hydrogens (tertiary/aromatic N) is 1. The molecule has 0 atom stereocenters. The largest absolute Gasteiger partial charge is 0.480 e. The lowest BCUT2D eigenvalue weighted by Gasteiger charge is -2.25. The highest BCUT2D eigenvalue weighted by Gasteiger charge is 2.13. The third-order valence-corrected chi connectivity index (χ3v) is 3.04. The van der Waals surface area contributed by atoms with Crippen molar-refractivity contribution in [3.8, 4) is 0 Å². The summed E-state index contributed by atoms with van der Waals surface area (Å²) in [5, 5.41) is 9.66. The summed E-state index contributed by atoms with van der Waals surface area (Å²) in [6.07, 6.45) is 0.968. The Morgan fingerprint density at radius 1 is 1.44 bits per heavy atom. The molecule has 0 amide bonds. The van der Waals surface area contributed by atoms with E-state index in [-0.39, 0.29) is 6.54 Å². The van der Waals surface area contributed by atoms with Gasteiger partial charge in [0.1, 0.15) is 6.54 Å². The van der Waals surface area contributed by atoms with Crippen LogP contribution < -0.4 is 4.90 Å². The molecule has 0 aliphatic heterocycles. The van der Waals surface area contributed by atoms with Crippen LogP contribution in [0.15, 0.2) is 18.2 Å². The number of aryl methyl sites for hydroxylation is 1. The van der Waals surface area contributed by atoms with E-state index in [0.717, 1.165) is 24.2 Å². The highest BCUT2D eigenvalue weighted by atomic mass is 35.5. The maximum Gasteiger partial charge on any atom is 0.323 e.